The molecule has 0 aliphatic carbocycles. The van der Waals surface area contributed by atoms with E-state index >= 15 is 0 Å². The number of nitrogens with zero attached hydrogens (tertiary/aromatic N) is 2. The molecule has 1 fully saturated rings. The van der Waals surface area contributed by atoms with Crippen molar-refractivity contribution in [1.82, 2.24) is 9.55 Å². The Kier molecular flexibility index (Phi) is 1.02. The SMILES string of the molecule is c1cn(CC2CO2)cn1. The fourth-order valence-electron chi connectivity index (χ4n) is 0.803. The Morgan fingerprint density at radius 2 is 2.67 bits per heavy atom. The van der Waals surface area contributed by atoms with Crippen LogP contribution in [0, 0.1) is 0 Å². The van der Waals surface area contributed by atoms with E-state index in [2.05, 4.69) is 4.98 Å². The van der Waals surface area contributed by atoms with Gasteiger partial charge in [0.05, 0.1) is 25.6 Å². The van der Waals surface area contributed by atoms with E-state index in [1.807, 2.05) is 17.1 Å². The normalized spacial score (nSPS) is 24.2. The number of epoxide rings is 1. The van der Waals surface area contributed by atoms with Crippen LogP contribution in [-0.2, 0) is 11.3 Å². The van der Waals surface area contributed by atoms with Crippen LogP contribution in [-0.4, -0.2) is 22.3 Å². The second-order valence-electron chi connectivity index (χ2n) is 2.21. The molecule has 48 valence electrons. The van der Waals surface area contributed by atoms with E-state index in [1.54, 1.807) is 6.20 Å². The molecule has 3 nitrogen and oxygen atoms in total. The van der Waals surface area contributed by atoms with E-state index in [4.69, 9.17) is 4.74 Å². The highest BCUT2D eigenvalue weighted by Crippen LogP contribution is 2.10. The van der Waals surface area contributed by atoms with Crippen LogP contribution in [0.15, 0.2) is 18.7 Å². The first-order valence-electron chi connectivity index (χ1n) is 3.02. The van der Waals surface area contributed by atoms with Gasteiger partial charge in [-0.2, -0.15) is 0 Å². The minimum atomic E-state index is 0.458. The van der Waals surface area contributed by atoms with Gasteiger partial charge in [-0.3, -0.25) is 0 Å². The van der Waals surface area contributed by atoms with Crippen LogP contribution in [0.25, 0.3) is 0 Å². The van der Waals surface area contributed by atoms with Crippen molar-refractivity contribution in [3.05, 3.63) is 18.7 Å². The first-order chi connectivity index (χ1) is 4.45. The van der Waals surface area contributed by atoms with Crippen LogP contribution in [0.2, 0.25) is 0 Å². The van der Waals surface area contributed by atoms with E-state index < -0.39 is 0 Å². The van der Waals surface area contributed by atoms with Crippen LogP contribution < -0.4 is 0 Å². The lowest BCUT2D eigenvalue weighted by Gasteiger charge is -1.93. The van der Waals surface area contributed by atoms with Crippen LogP contribution in [0.4, 0.5) is 0 Å². The summed E-state index contributed by atoms with van der Waals surface area (Å²) in [6.07, 6.45) is 5.99. The third-order valence-corrected chi connectivity index (χ3v) is 1.38. The van der Waals surface area contributed by atoms with Gasteiger partial charge in [0.15, 0.2) is 0 Å². The molecule has 0 saturated carbocycles. The smallest absolute Gasteiger partial charge is 0.0988 e. The van der Waals surface area contributed by atoms with Crippen molar-refractivity contribution in [2.75, 3.05) is 6.61 Å². The number of ether oxygens (including phenoxy) is 1. The highest BCUT2D eigenvalue weighted by atomic mass is 16.6. The first-order valence-corrected chi connectivity index (χ1v) is 3.02. The standard InChI is InChI=1S/C6H8N2O/c1-2-8(5-7-1)3-6-4-9-6/h1-2,5-6H,3-4H2. The maximum atomic E-state index is 5.03. The first kappa shape index (κ1) is 4.99. The van der Waals surface area contributed by atoms with Crippen molar-refractivity contribution in [3.63, 3.8) is 0 Å². The zero-order chi connectivity index (χ0) is 6.10. The second kappa shape index (κ2) is 1.84. The predicted octanol–water partition coefficient (Wildman–Crippen LogP) is 0.282. The number of rotatable bonds is 2. The highest BCUT2D eigenvalue weighted by Gasteiger charge is 2.22. The molecular weight excluding hydrogens is 116 g/mol. The van der Waals surface area contributed by atoms with Crippen molar-refractivity contribution >= 4 is 0 Å². The Morgan fingerprint density at radius 1 is 1.78 bits per heavy atom. The monoisotopic (exact) mass is 124 g/mol. The number of hydrogen-bond donors (Lipinski definition) is 0. The lowest BCUT2D eigenvalue weighted by atomic mass is 10.5. The van der Waals surface area contributed by atoms with Crippen molar-refractivity contribution in [2.45, 2.75) is 12.6 Å². The number of imidazole rings is 1. The fourth-order valence-corrected chi connectivity index (χ4v) is 0.803. The molecule has 0 radical (unpaired) electrons. The molecule has 1 saturated heterocycles. The molecule has 1 aromatic rings. The number of hydrogen-bond acceptors (Lipinski definition) is 2. The van der Waals surface area contributed by atoms with E-state index in [9.17, 15) is 0 Å². The lowest BCUT2D eigenvalue weighted by molar-refractivity contribution is 0.383. The Hall–Kier alpha value is -0.830. The Morgan fingerprint density at radius 3 is 3.22 bits per heavy atom. The molecule has 1 aliphatic rings. The van der Waals surface area contributed by atoms with E-state index in [1.165, 1.54) is 0 Å². The van der Waals surface area contributed by atoms with Gasteiger partial charge in [0.1, 0.15) is 0 Å². The summed E-state index contributed by atoms with van der Waals surface area (Å²) < 4.78 is 7.06. The van der Waals surface area contributed by atoms with Crippen molar-refractivity contribution < 1.29 is 4.74 Å². The molecule has 1 unspecified atom stereocenters. The minimum Gasteiger partial charge on any atom is -0.371 e. The van der Waals surface area contributed by atoms with Gasteiger partial charge in [0.25, 0.3) is 0 Å². The molecular formula is C6H8N2O. The summed E-state index contributed by atoms with van der Waals surface area (Å²) in [6.45, 7) is 1.87. The molecule has 0 aromatic carbocycles. The van der Waals surface area contributed by atoms with Crippen LogP contribution >= 0.6 is 0 Å². The van der Waals surface area contributed by atoms with Crippen molar-refractivity contribution in [3.8, 4) is 0 Å². The van der Waals surface area contributed by atoms with E-state index in [0.29, 0.717) is 6.10 Å². The van der Waals surface area contributed by atoms with Gasteiger partial charge in [-0.1, -0.05) is 0 Å². The molecule has 0 bridgehead atoms. The average molecular weight is 124 g/mol. The molecule has 1 aliphatic heterocycles. The summed E-state index contributed by atoms with van der Waals surface area (Å²) in [5, 5.41) is 0. The summed E-state index contributed by atoms with van der Waals surface area (Å²) >= 11 is 0. The molecule has 1 aromatic heterocycles. The Labute approximate surface area is 53.3 Å². The second-order valence-corrected chi connectivity index (χ2v) is 2.21. The summed E-state index contributed by atoms with van der Waals surface area (Å²) in [7, 11) is 0. The van der Waals surface area contributed by atoms with Gasteiger partial charge in [0.2, 0.25) is 0 Å². The summed E-state index contributed by atoms with van der Waals surface area (Å²) in [5.41, 5.74) is 0. The van der Waals surface area contributed by atoms with Crippen LogP contribution in [0.1, 0.15) is 0 Å². The Bertz CT molecular complexity index is 179. The Balaban J connectivity index is 1.99. The molecule has 9 heavy (non-hydrogen) atoms. The van der Waals surface area contributed by atoms with Crippen molar-refractivity contribution in [2.24, 2.45) is 0 Å². The van der Waals surface area contributed by atoms with Gasteiger partial charge < -0.3 is 9.30 Å². The zero-order valence-corrected chi connectivity index (χ0v) is 5.03. The van der Waals surface area contributed by atoms with Gasteiger partial charge in [0, 0.05) is 12.4 Å². The topological polar surface area (TPSA) is 30.4 Å². The van der Waals surface area contributed by atoms with Gasteiger partial charge in [-0.15, -0.1) is 0 Å². The quantitative estimate of drug-likeness (QED) is 0.530. The lowest BCUT2D eigenvalue weighted by Crippen LogP contribution is -2.00. The average Bonchev–Trinajstić information content (AvgIpc) is 2.46. The predicted molar refractivity (Wildman–Crippen MR) is 32.0 cm³/mol. The van der Waals surface area contributed by atoms with E-state index in [-0.39, 0.29) is 0 Å². The largest absolute Gasteiger partial charge is 0.371 e. The van der Waals surface area contributed by atoms with Crippen LogP contribution in [0.5, 0.6) is 0 Å². The van der Waals surface area contributed by atoms with Crippen LogP contribution in [0.3, 0.4) is 0 Å². The minimum absolute atomic E-state index is 0.458. The molecule has 1 atom stereocenters. The van der Waals surface area contributed by atoms with Crippen molar-refractivity contribution in [1.29, 1.82) is 0 Å². The summed E-state index contributed by atoms with van der Waals surface area (Å²) in [5.74, 6) is 0. The molecule has 0 spiro atoms. The highest BCUT2D eigenvalue weighted by molar-refractivity contribution is 4.78. The third kappa shape index (κ3) is 1.10. The van der Waals surface area contributed by atoms with Gasteiger partial charge in [-0.25, -0.2) is 4.98 Å². The fraction of sp³-hybridized carbons (Fsp3) is 0.500. The molecule has 2 heterocycles. The maximum Gasteiger partial charge on any atom is 0.0988 e. The maximum absolute atomic E-state index is 5.03. The molecule has 2 rings (SSSR count). The van der Waals surface area contributed by atoms with E-state index in [0.717, 1.165) is 13.2 Å². The molecule has 0 N–H and O–H groups in total. The molecule has 3 heteroatoms. The zero-order valence-electron chi connectivity index (χ0n) is 5.03. The van der Waals surface area contributed by atoms with Gasteiger partial charge in [-0.05, 0) is 0 Å². The van der Waals surface area contributed by atoms with Gasteiger partial charge >= 0.3 is 0 Å². The number of aromatic nitrogens is 2. The summed E-state index contributed by atoms with van der Waals surface area (Å²) in [4.78, 5) is 3.91. The summed E-state index contributed by atoms with van der Waals surface area (Å²) in [6, 6.07) is 0. The molecule has 0 amide bonds. The third-order valence-electron chi connectivity index (χ3n) is 1.38.